The zero-order valence-corrected chi connectivity index (χ0v) is 6.52. The lowest BCUT2D eigenvalue weighted by atomic mass is 10.3. The maximum atomic E-state index is 10.6. The Kier molecular flexibility index (Phi) is 2.30. The fraction of sp³-hybridized carbons (Fsp3) is 0.125. The van der Waals surface area contributed by atoms with Gasteiger partial charge < -0.3 is 5.11 Å². The average Bonchev–Trinajstić information content (AvgIpc) is 2.04. The number of carbonyl (C=O) groups is 1. The summed E-state index contributed by atoms with van der Waals surface area (Å²) in [6.07, 6.45) is 0. The molecule has 0 aliphatic carbocycles. The molecule has 0 bridgehead atoms. The standard InChI is InChI=1S/C8H9NO3/c1-6(10)9(12)7-2-4-8(11)5-3-7/h2-5,11-12H,1H3/p-1. The summed E-state index contributed by atoms with van der Waals surface area (Å²) >= 11 is 0. The van der Waals surface area contributed by atoms with Gasteiger partial charge in [-0.2, -0.15) is 5.06 Å². The van der Waals surface area contributed by atoms with Gasteiger partial charge in [0.2, 0.25) is 5.91 Å². The highest BCUT2D eigenvalue weighted by Crippen LogP contribution is 2.14. The van der Waals surface area contributed by atoms with Crippen molar-refractivity contribution in [3.63, 3.8) is 0 Å². The van der Waals surface area contributed by atoms with Gasteiger partial charge in [0, 0.05) is 6.92 Å². The molecule has 1 rings (SSSR count). The number of hydrogen-bond donors (Lipinski definition) is 1. The third-order valence-electron chi connectivity index (χ3n) is 1.38. The van der Waals surface area contributed by atoms with Crippen molar-refractivity contribution in [1.29, 1.82) is 0 Å². The smallest absolute Gasteiger partial charge is 0.247 e. The summed E-state index contributed by atoms with van der Waals surface area (Å²) in [5.74, 6) is -0.649. The first kappa shape index (κ1) is 8.55. The highest BCUT2D eigenvalue weighted by molar-refractivity contribution is 5.88. The summed E-state index contributed by atoms with van der Waals surface area (Å²) < 4.78 is 0. The lowest BCUT2D eigenvalue weighted by Gasteiger charge is -2.13. The third-order valence-corrected chi connectivity index (χ3v) is 1.38. The minimum atomic E-state index is -0.492. The van der Waals surface area contributed by atoms with Crippen LogP contribution in [0.1, 0.15) is 6.92 Å². The van der Waals surface area contributed by atoms with Crippen molar-refractivity contribution < 1.29 is 15.1 Å². The molecule has 1 N–H and O–H groups in total. The van der Waals surface area contributed by atoms with Crippen LogP contribution >= 0.6 is 0 Å². The third kappa shape index (κ3) is 1.73. The molecule has 0 heterocycles. The van der Waals surface area contributed by atoms with Crippen molar-refractivity contribution in [2.24, 2.45) is 0 Å². The number of amides is 1. The number of hydrogen-bond acceptors (Lipinski definition) is 3. The van der Waals surface area contributed by atoms with Gasteiger partial charge in [0.15, 0.2) is 0 Å². The van der Waals surface area contributed by atoms with E-state index >= 15 is 0 Å². The predicted octanol–water partition coefficient (Wildman–Crippen LogP) is 0.502. The monoisotopic (exact) mass is 166 g/mol. The van der Waals surface area contributed by atoms with Crippen LogP contribution in [0, 0.1) is 0 Å². The lowest BCUT2D eigenvalue weighted by molar-refractivity contribution is -0.268. The number of rotatable bonds is 1. The van der Waals surface area contributed by atoms with Crippen LogP contribution in [-0.4, -0.2) is 11.1 Å². The van der Waals surface area contributed by atoms with Crippen LogP contribution in [0.15, 0.2) is 24.3 Å². The molecule has 0 spiro atoms. The second kappa shape index (κ2) is 3.23. The van der Waals surface area contributed by atoms with E-state index in [4.69, 9.17) is 5.21 Å². The van der Waals surface area contributed by atoms with E-state index < -0.39 is 5.91 Å². The molecule has 4 heteroatoms. The van der Waals surface area contributed by atoms with Gasteiger partial charge in [-0.05, 0) is 12.1 Å². The molecule has 0 radical (unpaired) electrons. The van der Waals surface area contributed by atoms with Gasteiger partial charge in [-0.3, -0.25) is 10.0 Å². The molecular weight excluding hydrogens is 158 g/mol. The van der Waals surface area contributed by atoms with Gasteiger partial charge in [-0.25, -0.2) is 0 Å². The van der Waals surface area contributed by atoms with Crippen molar-refractivity contribution in [2.45, 2.75) is 6.92 Å². The van der Waals surface area contributed by atoms with Gasteiger partial charge >= 0.3 is 0 Å². The Morgan fingerprint density at radius 3 is 2.33 bits per heavy atom. The van der Waals surface area contributed by atoms with Gasteiger partial charge in [0.1, 0.15) is 0 Å². The summed E-state index contributed by atoms with van der Waals surface area (Å²) in [6.45, 7) is 1.23. The number of hydroxylamine groups is 1. The summed E-state index contributed by atoms with van der Waals surface area (Å²) in [7, 11) is 0. The summed E-state index contributed by atoms with van der Waals surface area (Å²) in [5, 5.41) is 20.2. The van der Waals surface area contributed by atoms with E-state index in [0.29, 0.717) is 10.8 Å². The largest absolute Gasteiger partial charge is 0.872 e. The first-order valence-electron chi connectivity index (χ1n) is 3.38. The molecule has 0 atom stereocenters. The first-order chi connectivity index (χ1) is 5.61. The van der Waals surface area contributed by atoms with Crippen LogP contribution in [-0.2, 0) is 4.79 Å². The fourth-order valence-electron chi connectivity index (χ4n) is 0.769. The minimum Gasteiger partial charge on any atom is -0.872 e. The molecule has 0 aliphatic heterocycles. The maximum Gasteiger partial charge on any atom is 0.247 e. The minimum absolute atomic E-state index is 0.157. The summed E-state index contributed by atoms with van der Waals surface area (Å²) in [4.78, 5) is 10.6. The van der Waals surface area contributed by atoms with Crippen LogP contribution in [0.2, 0.25) is 0 Å². The van der Waals surface area contributed by atoms with Crippen LogP contribution in [0.25, 0.3) is 0 Å². The molecule has 0 saturated carbocycles. The highest BCUT2D eigenvalue weighted by Gasteiger charge is 2.05. The molecule has 12 heavy (non-hydrogen) atoms. The van der Waals surface area contributed by atoms with Crippen LogP contribution in [0.4, 0.5) is 5.69 Å². The first-order valence-corrected chi connectivity index (χ1v) is 3.38. The van der Waals surface area contributed by atoms with Crippen molar-refractivity contribution >= 4 is 11.6 Å². The zero-order chi connectivity index (χ0) is 9.14. The van der Waals surface area contributed by atoms with E-state index in [1.807, 2.05) is 0 Å². The van der Waals surface area contributed by atoms with Gasteiger partial charge in [-0.1, -0.05) is 12.1 Å². The molecule has 4 nitrogen and oxygen atoms in total. The van der Waals surface area contributed by atoms with E-state index in [0.717, 1.165) is 0 Å². The molecule has 0 unspecified atom stereocenters. The predicted molar refractivity (Wildman–Crippen MR) is 40.8 cm³/mol. The topological polar surface area (TPSA) is 63.6 Å². The van der Waals surface area contributed by atoms with Gasteiger partial charge in [0.05, 0.1) is 5.69 Å². The van der Waals surface area contributed by atoms with Crippen LogP contribution in [0.5, 0.6) is 5.75 Å². The van der Waals surface area contributed by atoms with E-state index in [1.165, 1.54) is 31.2 Å². The SMILES string of the molecule is CC(=O)N(O)c1ccc([O-])cc1. The zero-order valence-electron chi connectivity index (χ0n) is 6.52. The summed E-state index contributed by atoms with van der Waals surface area (Å²) in [5.41, 5.74) is 0.294. The normalized spacial score (nSPS) is 9.50. The maximum absolute atomic E-state index is 10.6. The van der Waals surface area contributed by atoms with Crippen LogP contribution in [0.3, 0.4) is 0 Å². The second-order valence-electron chi connectivity index (χ2n) is 2.32. The number of carbonyl (C=O) groups excluding carboxylic acids is 1. The van der Waals surface area contributed by atoms with Gasteiger partial charge in [-0.15, -0.1) is 5.75 Å². The average molecular weight is 166 g/mol. The fourth-order valence-corrected chi connectivity index (χ4v) is 0.769. The molecule has 0 saturated heterocycles. The van der Waals surface area contributed by atoms with Crippen LogP contribution < -0.4 is 10.2 Å². The molecule has 0 aromatic heterocycles. The molecule has 1 aromatic rings. The van der Waals surface area contributed by atoms with Crippen molar-refractivity contribution in [1.82, 2.24) is 0 Å². The Hall–Kier alpha value is -1.55. The number of benzene rings is 1. The van der Waals surface area contributed by atoms with Crippen molar-refractivity contribution in [2.75, 3.05) is 5.06 Å². The molecule has 0 aliphatic rings. The Morgan fingerprint density at radius 1 is 1.42 bits per heavy atom. The van der Waals surface area contributed by atoms with E-state index in [-0.39, 0.29) is 5.75 Å². The van der Waals surface area contributed by atoms with E-state index in [2.05, 4.69) is 0 Å². The molecule has 0 fully saturated rings. The van der Waals surface area contributed by atoms with E-state index in [1.54, 1.807) is 0 Å². The number of anilines is 1. The Balaban J connectivity index is 2.89. The Morgan fingerprint density at radius 2 is 1.92 bits per heavy atom. The van der Waals surface area contributed by atoms with Gasteiger partial charge in [0.25, 0.3) is 0 Å². The quantitative estimate of drug-likeness (QED) is 0.488. The highest BCUT2D eigenvalue weighted by atomic mass is 16.5. The molecule has 1 aromatic carbocycles. The Bertz CT molecular complexity index is 281. The van der Waals surface area contributed by atoms with E-state index in [9.17, 15) is 9.90 Å². The Labute approximate surface area is 69.6 Å². The van der Waals surface area contributed by atoms with Crippen molar-refractivity contribution in [3.05, 3.63) is 24.3 Å². The molecular formula is C8H8NO3-. The lowest BCUT2D eigenvalue weighted by Crippen LogP contribution is -2.23. The second-order valence-corrected chi connectivity index (χ2v) is 2.32. The molecule has 64 valence electrons. The molecule has 1 amide bonds. The summed E-state index contributed by atoms with van der Waals surface area (Å²) in [6, 6.07) is 5.32. The van der Waals surface area contributed by atoms with Crippen molar-refractivity contribution in [3.8, 4) is 5.75 Å². The number of nitrogens with zero attached hydrogens (tertiary/aromatic N) is 1.